The first-order valence-corrected chi connectivity index (χ1v) is 12.0. The van der Waals surface area contributed by atoms with E-state index < -0.39 is 23.4 Å². The van der Waals surface area contributed by atoms with Crippen LogP contribution in [0.5, 0.6) is 0 Å². The second kappa shape index (κ2) is 7.65. The van der Waals surface area contributed by atoms with Crippen LogP contribution in [0.25, 0.3) is 6.08 Å². The van der Waals surface area contributed by atoms with Crippen LogP contribution in [0.4, 0.5) is 11.4 Å². The Morgan fingerprint density at radius 3 is 2.54 bits per heavy atom. The molecule has 6 rings (SSSR count). The van der Waals surface area contributed by atoms with Gasteiger partial charge in [0, 0.05) is 16.9 Å². The van der Waals surface area contributed by atoms with Crippen LogP contribution in [0.15, 0.2) is 72.8 Å². The molecule has 5 nitrogen and oxygen atoms in total. The third-order valence-corrected chi connectivity index (χ3v) is 7.96. The van der Waals surface area contributed by atoms with Crippen LogP contribution in [0.3, 0.4) is 0 Å². The summed E-state index contributed by atoms with van der Waals surface area (Å²) in [5, 5.41) is 3.31. The number of benzene rings is 3. The van der Waals surface area contributed by atoms with Crippen LogP contribution < -0.4 is 10.2 Å². The van der Waals surface area contributed by atoms with Gasteiger partial charge in [0.15, 0.2) is 11.6 Å². The molecule has 1 saturated heterocycles. The Balaban J connectivity index is 1.67. The molecule has 3 aliphatic heterocycles. The lowest BCUT2D eigenvalue weighted by atomic mass is 9.64. The van der Waals surface area contributed by atoms with Gasteiger partial charge in [0.1, 0.15) is 5.41 Å². The summed E-state index contributed by atoms with van der Waals surface area (Å²) in [6, 6.07) is 18.9. The summed E-state index contributed by atoms with van der Waals surface area (Å²) in [6.45, 7) is 3.51. The summed E-state index contributed by atoms with van der Waals surface area (Å²) in [4.78, 5) is 43.7. The minimum atomic E-state index is -1.29. The van der Waals surface area contributed by atoms with Crippen molar-refractivity contribution in [1.82, 2.24) is 0 Å². The highest BCUT2D eigenvalue weighted by Crippen LogP contribution is 2.57. The lowest BCUT2D eigenvalue weighted by molar-refractivity contribution is -0.122. The van der Waals surface area contributed by atoms with Crippen LogP contribution in [0.2, 0.25) is 5.02 Å². The number of nitrogens with zero attached hydrogens (tertiary/aromatic N) is 1. The van der Waals surface area contributed by atoms with Gasteiger partial charge in [-0.1, -0.05) is 65.7 Å². The average Bonchev–Trinajstić information content (AvgIpc) is 3.32. The zero-order chi connectivity index (χ0) is 24.5. The number of carbonyl (C=O) groups is 3. The molecule has 6 heteroatoms. The number of hydrogen-bond acceptors (Lipinski definition) is 4. The van der Waals surface area contributed by atoms with Crippen molar-refractivity contribution in [2.24, 2.45) is 5.92 Å². The largest absolute Gasteiger partial charge is 0.352 e. The van der Waals surface area contributed by atoms with Gasteiger partial charge in [-0.3, -0.25) is 14.4 Å². The van der Waals surface area contributed by atoms with E-state index in [1.54, 1.807) is 24.3 Å². The molecule has 0 aromatic heterocycles. The minimum absolute atomic E-state index is 0.170. The molecule has 3 aliphatic rings. The highest BCUT2D eigenvalue weighted by Gasteiger charge is 2.69. The predicted octanol–water partition coefficient (Wildman–Crippen LogP) is 5.21. The molecule has 0 saturated carbocycles. The maximum atomic E-state index is 14.3. The van der Waals surface area contributed by atoms with Crippen molar-refractivity contribution in [2.45, 2.75) is 31.3 Å². The summed E-state index contributed by atoms with van der Waals surface area (Å²) in [7, 11) is 0. The van der Waals surface area contributed by atoms with E-state index >= 15 is 0 Å². The molecule has 3 aromatic carbocycles. The molecule has 4 atom stereocenters. The van der Waals surface area contributed by atoms with Gasteiger partial charge in [0.05, 0.1) is 23.0 Å². The van der Waals surface area contributed by atoms with Gasteiger partial charge < -0.3 is 10.2 Å². The smallest absolute Gasteiger partial charge is 0.238 e. The third kappa shape index (κ3) is 2.85. The fraction of sp³-hybridized carbons (Fsp3) is 0.207. The first kappa shape index (κ1) is 21.8. The van der Waals surface area contributed by atoms with Crippen molar-refractivity contribution in [1.29, 1.82) is 0 Å². The quantitative estimate of drug-likeness (QED) is 0.520. The van der Waals surface area contributed by atoms with Crippen LogP contribution in [0.1, 0.15) is 34.0 Å². The van der Waals surface area contributed by atoms with Crippen molar-refractivity contribution < 1.29 is 14.4 Å². The number of hydrogen-bond donors (Lipinski definition) is 1. The molecule has 1 amide bonds. The van der Waals surface area contributed by atoms with E-state index in [1.165, 1.54) is 6.92 Å². The van der Waals surface area contributed by atoms with Gasteiger partial charge in [-0.15, -0.1) is 0 Å². The first-order chi connectivity index (χ1) is 16.9. The van der Waals surface area contributed by atoms with Crippen LogP contribution in [-0.2, 0) is 15.0 Å². The minimum Gasteiger partial charge on any atom is -0.352 e. The van der Waals surface area contributed by atoms with E-state index in [4.69, 9.17) is 11.6 Å². The Bertz CT molecular complexity index is 1460. The molecule has 0 radical (unpaired) electrons. The summed E-state index contributed by atoms with van der Waals surface area (Å²) < 4.78 is 0. The number of halogens is 1. The van der Waals surface area contributed by atoms with Crippen molar-refractivity contribution in [3.63, 3.8) is 0 Å². The van der Waals surface area contributed by atoms with Crippen molar-refractivity contribution >= 4 is 46.5 Å². The Hall–Kier alpha value is -3.70. The molecular weight excluding hydrogens is 460 g/mol. The average molecular weight is 483 g/mol. The zero-order valence-electron chi connectivity index (χ0n) is 19.3. The topological polar surface area (TPSA) is 66.5 Å². The number of rotatable bonds is 3. The number of Topliss-reactive ketones (excluding diaryl/α,β-unsaturated/α-hetero) is 2. The second-order valence-electron chi connectivity index (χ2n) is 9.52. The van der Waals surface area contributed by atoms with Crippen LogP contribution >= 0.6 is 11.6 Å². The monoisotopic (exact) mass is 482 g/mol. The lowest BCUT2D eigenvalue weighted by Gasteiger charge is -2.37. The molecular formula is C29H23ClN2O3. The molecule has 35 heavy (non-hydrogen) atoms. The standard InChI is InChI=1S/C29H23ClN2O3/c1-16-11-13-23-18(15-16)12-14-24-29(20-8-4-6-10-22(20)31-28(29)35)25(26(17(2)33)32(23)24)27(34)19-7-3-5-9-21(19)30/h3-15,24-26H,1-2H3,(H,31,35)/t24-,25+,26+,29+/m0/s1. The van der Waals surface area contributed by atoms with E-state index in [-0.39, 0.29) is 17.5 Å². The number of amides is 1. The Kier molecular flexibility index (Phi) is 4.77. The van der Waals surface area contributed by atoms with E-state index in [0.717, 1.165) is 22.4 Å². The Morgan fingerprint density at radius 2 is 1.77 bits per heavy atom. The lowest BCUT2D eigenvalue weighted by Crippen LogP contribution is -2.51. The molecule has 174 valence electrons. The number of para-hydroxylation sites is 1. The SMILES string of the molecule is CC(=O)[C@@H]1[C@H](C(=O)c2ccccc2Cl)[C@]2(C(=O)Nc3ccccc32)[C@@H]2C=Cc3cc(C)ccc3N12. The molecule has 1 spiro atoms. The van der Waals surface area contributed by atoms with Gasteiger partial charge in [-0.05, 0) is 55.3 Å². The molecule has 0 aliphatic carbocycles. The highest BCUT2D eigenvalue weighted by atomic mass is 35.5. The van der Waals surface area contributed by atoms with Gasteiger partial charge in [-0.2, -0.15) is 0 Å². The third-order valence-electron chi connectivity index (χ3n) is 7.63. The molecule has 3 aromatic rings. The van der Waals surface area contributed by atoms with Gasteiger partial charge in [0.25, 0.3) is 0 Å². The number of anilines is 2. The fourth-order valence-electron chi connectivity index (χ4n) is 6.28. The fourth-order valence-corrected chi connectivity index (χ4v) is 6.51. The van der Waals surface area contributed by atoms with E-state index in [0.29, 0.717) is 16.3 Å². The Labute approximate surface area is 208 Å². The predicted molar refractivity (Wildman–Crippen MR) is 137 cm³/mol. The molecule has 0 bridgehead atoms. The summed E-state index contributed by atoms with van der Waals surface area (Å²) >= 11 is 6.47. The van der Waals surface area contributed by atoms with Crippen LogP contribution in [-0.4, -0.2) is 29.6 Å². The summed E-state index contributed by atoms with van der Waals surface area (Å²) in [5.74, 6) is -1.72. The summed E-state index contributed by atoms with van der Waals surface area (Å²) in [6.07, 6.45) is 3.97. The van der Waals surface area contributed by atoms with Gasteiger partial charge >= 0.3 is 0 Å². The van der Waals surface area contributed by atoms with Crippen molar-refractivity contribution in [3.05, 3.63) is 100 Å². The summed E-state index contributed by atoms with van der Waals surface area (Å²) in [5.41, 5.74) is 3.32. The number of aryl methyl sites for hydroxylation is 1. The maximum Gasteiger partial charge on any atom is 0.238 e. The van der Waals surface area contributed by atoms with Crippen LogP contribution in [0, 0.1) is 12.8 Å². The molecule has 1 N–H and O–H groups in total. The number of fused-ring (bicyclic) bond motifs is 6. The molecule has 3 heterocycles. The van der Waals surface area contributed by atoms with Gasteiger partial charge in [0.2, 0.25) is 5.91 Å². The molecule has 0 unspecified atom stereocenters. The van der Waals surface area contributed by atoms with E-state index in [2.05, 4.69) is 11.4 Å². The Morgan fingerprint density at radius 1 is 1.03 bits per heavy atom. The van der Waals surface area contributed by atoms with Crippen molar-refractivity contribution in [2.75, 3.05) is 10.2 Å². The van der Waals surface area contributed by atoms with Crippen molar-refractivity contribution in [3.8, 4) is 0 Å². The second-order valence-corrected chi connectivity index (χ2v) is 9.93. The van der Waals surface area contributed by atoms with Gasteiger partial charge in [-0.25, -0.2) is 0 Å². The van der Waals surface area contributed by atoms with E-state index in [9.17, 15) is 14.4 Å². The molecule has 1 fully saturated rings. The maximum absolute atomic E-state index is 14.3. The number of carbonyl (C=O) groups excluding carboxylic acids is 3. The number of nitrogens with one attached hydrogen (secondary N) is 1. The normalized spacial score (nSPS) is 25.7. The highest BCUT2D eigenvalue weighted by molar-refractivity contribution is 6.34. The number of ketones is 2. The first-order valence-electron chi connectivity index (χ1n) is 11.6. The zero-order valence-corrected chi connectivity index (χ0v) is 20.0. The van der Waals surface area contributed by atoms with E-state index in [1.807, 2.05) is 60.4 Å².